The number of hydrogen-bond acceptors (Lipinski definition) is 3. The predicted molar refractivity (Wildman–Crippen MR) is 130 cm³/mol. The van der Waals surface area contributed by atoms with Crippen LogP contribution in [0.5, 0.6) is 5.75 Å². The maximum atomic E-state index is 9.72. The van der Waals surface area contributed by atoms with Crippen molar-refractivity contribution >= 4 is 38.9 Å². The molecule has 5 nitrogen and oxygen atoms in total. The molecular weight excluding hydrogens is 472 g/mol. The number of aromatic hydroxyl groups is 1. The highest BCUT2D eigenvalue weighted by molar-refractivity contribution is 9.10. The van der Waals surface area contributed by atoms with Crippen LogP contribution < -0.4 is 10.2 Å². The standard InChI is InChI=1S/C24H19BrN4OS/c25-16-6-8-18(9-7-16)29-23(22(27-24(29)31)20-4-1-2-14-26-20)21-5-3-15-28(21)17-10-12-19(30)13-11-17/h1-15,22-23,30H,(H,27,31)/t22-,23-/m1/s1. The van der Waals surface area contributed by atoms with E-state index in [9.17, 15) is 5.11 Å². The average Bonchev–Trinajstić information content (AvgIpc) is 3.40. The number of thiocarbonyl (C=S) groups is 1. The molecule has 0 spiro atoms. The van der Waals surface area contributed by atoms with E-state index in [-0.39, 0.29) is 17.8 Å². The lowest BCUT2D eigenvalue weighted by Crippen LogP contribution is -2.30. The van der Waals surface area contributed by atoms with Crippen molar-refractivity contribution in [3.63, 3.8) is 0 Å². The molecule has 2 N–H and O–H groups in total. The summed E-state index contributed by atoms with van der Waals surface area (Å²) in [5.74, 6) is 0.240. The lowest BCUT2D eigenvalue weighted by molar-refractivity contribution is 0.475. The molecule has 2 aromatic carbocycles. The fourth-order valence-corrected chi connectivity index (χ4v) is 4.63. The lowest BCUT2D eigenvalue weighted by atomic mass is 10.0. The van der Waals surface area contributed by atoms with Gasteiger partial charge in [0.15, 0.2) is 5.11 Å². The van der Waals surface area contributed by atoms with Gasteiger partial charge in [-0.25, -0.2) is 0 Å². The third-order valence-corrected chi connectivity index (χ3v) is 6.26. The number of benzene rings is 2. The van der Waals surface area contributed by atoms with Crippen LogP contribution in [0, 0.1) is 0 Å². The Morgan fingerprint density at radius 3 is 2.35 bits per heavy atom. The summed E-state index contributed by atoms with van der Waals surface area (Å²) in [5, 5.41) is 13.9. The molecule has 4 aromatic rings. The fourth-order valence-electron chi connectivity index (χ4n) is 4.02. The highest BCUT2D eigenvalue weighted by Crippen LogP contribution is 2.42. The SMILES string of the molecule is Oc1ccc(-n2cccc2[C@@H]2[C@@H](c3ccccn3)NC(=S)N2c2ccc(Br)cc2)cc1. The highest BCUT2D eigenvalue weighted by atomic mass is 79.9. The van der Waals surface area contributed by atoms with Gasteiger partial charge in [0.25, 0.3) is 0 Å². The van der Waals surface area contributed by atoms with Crippen LogP contribution in [-0.4, -0.2) is 19.8 Å². The summed E-state index contributed by atoms with van der Waals surface area (Å²) in [5.41, 5.74) is 3.96. The number of nitrogens with zero attached hydrogens (tertiary/aromatic N) is 3. The summed E-state index contributed by atoms with van der Waals surface area (Å²) in [6.45, 7) is 0. The van der Waals surface area contributed by atoms with E-state index >= 15 is 0 Å². The molecular formula is C24H19BrN4OS. The summed E-state index contributed by atoms with van der Waals surface area (Å²) in [4.78, 5) is 6.76. The van der Waals surface area contributed by atoms with Crippen molar-refractivity contribution in [2.24, 2.45) is 0 Å². The molecule has 154 valence electrons. The van der Waals surface area contributed by atoms with Crippen LogP contribution in [0.1, 0.15) is 23.5 Å². The van der Waals surface area contributed by atoms with Gasteiger partial charge in [-0.15, -0.1) is 0 Å². The molecule has 1 aliphatic heterocycles. The first-order valence-electron chi connectivity index (χ1n) is 9.85. The molecule has 1 aliphatic rings. The molecule has 0 saturated carbocycles. The van der Waals surface area contributed by atoms with E-state index in [1.54, 1.807) is 18.3 Å². The van der Waals surface area contributed by atoms with E-state index in [0.717, 1.165) is 27.2 Å². The zero-order chi connectivity index (χ0) is 21.4. The van der Waals surface area contributed by atoms with E-state index in [1.165, 1.54) is 0 Å². The van der Waals surface area contributed by atoms with Crippen molar-refractivity contribution in [2.45, 2.75) is 12.1 Å². The van der Waals surface area contributed by atoms with Gasteiger partial charge < -0.3 is 19.9 Å². The van der Waals surface area contributed by atoms with Crippen LogP contribution in [0.3, 0.4) is 0 Å². The lowest BCUT2D eigenvalue weighted by Gasteiger charge is -2.29. The smallest absolute Gasteiger partial charge is 0.174 e. The number of phenols is 1. The molecule has 2 aromatic heterocycles. The molecule has 2 atom stereocenters. The third kappa shape index (κ3) is 3.71. The summed E-state index contributed by atoms with van der Waals surface area (Å²) >= 11 is 9.31. The van der Waals surface area contributed by atoms with Crippen molar-refractivity contribution in [2.75, 3.05) is 4.90 Å². The number of hydrogen-bond donors (Lipinski definition) is 2. The summed E-state index contributed by atoms with van der Waals surface area (Å²) in [6.07, 6.45) is 3.83. The van der Waals surface area contributed by atoms with Gasteiger partial charge in [0.05, 0.1) is 11.7 Å². The van der Waals surface area contributed by atoms with Gasteiger partial charge >= 0.3 is 0 Å². The van der Waals surface area contributed by atoms with Gasteiger partial charge in [-0.2, -0.15) is 0 Å². The third-order valence-electron chi connectivity index (χ3n) is 5.41. The second kappa shape index (κ2) is 8.17. The van der Waals surface area contributed by atoms with Gasteiger partial charge in [0, 0.05) is 33.9 Å². The number of pyridine rings is 1. The molecule has 0 amide bonds. The van der Waals surface area contributed by atoms with E-state index < -0.39 is 0 Å². The van der Waals surface area contributed by atoms with E-state index in [0.29, 0.717) is 5.11 Å². The molecule has 1 fully saturated rings. The Morgan fingerprint density at radius 1 is 0.903 bits per heavy atom. The predicted octanol–water partition coefficient (Wildman–Crippen LogP) is 5.52. The van der Waals surface area contributed by atoms with E-state index in [2.05, 4.69) is 53.9 Å². The maximum absolute atomic E-state index is 9.72. The Balaban J connectivity index is 1.66. The Morgan fingerprint density at radius 2 is 1.65 bits per heavy atom. The number of nitrogens with one attached hydrogen (secondary N) is 1. The Hall–Kier alpha value is -3.16. The highest BCUT2D eigenvalue weighted by Gasteiger charge is 2.42. The zero-order valence-electron chi connectivity index (χ0n) is 16.4. The Labute approximate surface area is 194 Å². The van der Waals surface area contributed by atoms with Crippen molar-refractivity contribution in [3.05, 3.63) is 107 Å². The Kier molecular flexibility index (Phi) is 5.21. The molecule has 0 unspecified atom stereocenters. The van der Waals surface area contributed by atoms with Crippen LogP contribution >= 0.6 is 28.1 Å². The topological polar surface area (TPSA) is 53.3 Å². The number of aromatic nitrogens is 2. The number of phenolic OH excluding ortho intramolecular Hbond substituents is 1. The van der Waals surface area contributed by atoms with Gasteiger partial charge in [-0.3, -0.25) is 4.98 Å². The van der Waals surface area contributed by atoms with Crippen LogP contribution in [-0.2, 0) is 0 Å². The largest absolute Gasteiger partial charge is 0.508 e. The second-order valence-corrected chi connectivity index (χ2v) is 8.59. The monoisotopic (exact) mass is 490 g/mol. The molecule has 7 heteroatoms. The number of anilines is 1. The van der Waals surface area contributed by atoms with Crippen molar-refractivity contribution in [1.29, 1.82) is 0 Å². The zero-order valence-corrected chi connectivity index (χ0v) is 18.8. The van der Waals surface area contributed by atoms with Crippen LogP contribution in [0.15, 0.2) is 95.7 Å². The molecule has 3 heterocycles. The van der Waals surface area contributed by atoms with Gasteiger partial charge in [-0.05, 0) is 85.0 Å². The molecule has 0 radical (unpaired) electrons. The van der Waals surface area contributed by atoms with Crippen molar-refractivity contribution < 1.29 is 5.11 Å². The molecule has 0 aliphatic carbocycles. The molecule has 0 bridgehead atoms. The van der Waals surface area contributed by atoms with Gasteiger partial charge in [0.1, 0.15) is 11.8 Å². The maximum Gasteiger partial charge on any atom is 0.174 e. The van der Waals surface area contributed by atoms with Crippen LogP contribution in [0.25, 0.3) is 5.69 Å². The summed E-state index contributed by atoms with van der Waals surface area (Å²) in [7, 11) is 0. The van der Waals surface area contributed by atoms with E-state index in [4.69, 9.17) is 12.2 Å². The Bertz CT molecular complexity index is 1210. The fraction of sp³-hybridized carbons (Fsp3) is 0.0833. The first-order chi connectivity index (χ1) is 15.1. The first kappa shape index (κ1) is 19.8. The minimum absolute atomic E-state index is 0.118. The van der Waals surface area contributed by atoms with E-state index in [1.807, 2.05) is 54.7 Å². The molecule has 31 heavy (non-hydrogen) atoms. The van der Waals surface area contributed by atoms with Gasteiger partial charge in [-0.1, -0.05) is 22.0 Å². The average molecular weight is 491 g/mol. The quantitative estimate of drug-likeness (QED) is 0.369. The van der Waals surface area contributed by atoms with Crippen LogP contribution in [0.4, 0.5) is 5.69 Å². The van der Waals surface area contributed by atoms with Gasteiger partial charge in [0.2, 0.25) is 0 Å². The number of rotatable bonds is 4. The van der Waals surface area contributed by atoms with Crippen molar-refractivity contribution in [1.82, 2.24) is 14.9 Å². The minimum atomic E-state index is -0.122. The molecule has 5 rings (SSSR count). The number of halogens is 1. The minimum Gasteiger partial charge on any atom is -0.508 e. The van der Waals surface area contributed by atoms with Crippen molar-refractivity contribution in [3.8, 4) is 11.4 Å². The summed E-state index contributed by atoms with van der Waals surface area (Å²) < 4.78 is 3.14. The normalized spacial score (nSPS) is 18.2. The van der Waals surface area contributed by atoms with Crippen LogP contribution in [0.2, 0.25) is 0 Å². The molecule has 1 saturated heterocycles. The first-order valence-corrected chi connectivity index (χ1v) is 11.0. The second-order valence-electron chi connectivity index (χ2n) is 7.29. The summed E-state index contributed by atoms with van der Waals surface area (Å²) in [6, 6.07) is 25.2.